The molecule has 3 rings (SSSR count). The van der Waals surface area contributed by atoms with Gasteiger partial charge in [-0.05, 0) is 35.9 Å². The van der Waals surface area contributed by atoms with Crippen LogP contribution >= 0.6 is 0 Å². The molecule has 0 atom stereocenters. The van der Waals surface area contributed by atoms with Crippen LogP contribution in [0, 0.1) is 0 Å². The van der Waals surface area contributed by atoms with Crippen LogP contribution in [-0.2, 0) is 11.3 Å². The second-order valence-electron chi connectivity index (χ2n) is 5.50. The summed E-state index contributed by atoms with van der Waals surface area (Å²) in [6, 6.07) is 13.2. The summed E-state index contributed by atoms with van der Waals surface area (Å²) in [5.41, 5.74) is 3.08. The minimum atomic E-state index is -0.460. The molecule has 0 saturated heterocycles. The molecule has 0 fully saturated rings. The summed E-state index contributed by atoms with van der Waals surface area (Å²) in [5.74, 6) is 0.357. The van der Waals surface area contributed by atoms with Crippen LogP contribution < -0.4 is 4.74 Å². The highest BCUT2D eigenvalue weighted by Crippen LogP contribution is 2.20. The third kappa shape index (κ3) is 3.97. The summed E-state index contributed by atoms with van der Waals surface area (Å²) >= 11 is 0. The molecule has 2 aromatic heterocycles. The quantitative estimate of drug-likeness (QED) is 0.638. The fraction of sp³-hybridized carbons (Fsp3) is 0.150. The Hall–Kier alpha value is -3.41. The summed E-state index contributed by atoms with van der Waals surface area (Å²) < 4.78 is 11.7. The Morgan fingerprint density at radius 2 is 1.85 bits per heavy atom. The SMILES string of the molecule is COC(=O)c1cc(-c2ccncc2)n(CC=Cc2ccc(OC)cc2)n1. The lowest BCUT2D eigenvalue weighted by atomic mass is 10.2. The molecule has 1 aromatic carbocycles. The van der Waals surface area contributed by atoms with Crippen LogP contribution in [0.15, 0.2) is 60.9 Å². The molecule has 0 unspecified atom stereocenters. The van der Waals surface area contributed by atoms with Gasteiger partial charge in [0.05, 0.1) is 26.5 Å². The largest absolute Gasteiger partial charge is 0.497 e. The Kier molecular flexibility index (Phi) is 5.43. The van der Waals surface area contributed by atoms with Crippen molar-refractivity contribution in [1.29, 1.82) is 0 Å². The third-order valence-electron chi connectivity index (χ3n) is 3.86. The first-order valence-electron chi connectivity index (χ1n) is 8.08. The monoisotopic (exact) mass is 349 g/mol. The first-order valence-corrected chi connectivity index (χ1v) is 8.08. The standard InChI is InChI=1S/C20H19N3O3/c1-25-17-7-5-15(6-8-17)4-3-13-23-19(16-9-11-21-12-10-16)14-18(22-23)20(24)26-2/h3-12,14H,13H2,1-2H3. The zero-order valence-corrected chi connectivity index (χ0v) is 14.6. The number of rotatable bonds is 6. The van der Waals surface area contributed by atoms with E-state index in [2.05, 4.69) is 10.1 Å². The van der Waals surface area contributed by atoms with Gasteiger partial charge >= 0.3 is 5.97 Å². The number of hydrogen-bond acceptors (Lipinski definition) is 5. The van der Waals surface area contributed by atoms with Crippen molar-refractivity contribution in [3.05, 3.63) is 72.2 Å². The predicted octanol–water partition coefficient (Wildman–Crippen LogP) is 3.45. The number of allylic oxidation sites excluding steroid dienone is 1. The van der Waals surface area contributed by atoms with E-state index >= 15 is 0 Å². The molecule has 3 aromatic rings. The van der Waals surface area contributed by atoms with E-state index < -0.39 is 5.97 Å². The highest BCUT2D eigenvalue weighted by atomic mass is 16.5. The number of hydrogen-bond donors (Lipinski definition) is 0. The number of pyridine rings is 1. The molecule has 6 heteroatoms. The number of carbonyl (C=O) groups is 1. The van der Waals surface area contributed by atoms with Crippen LogP contribution in [-0.4, -0.2) is 35.0 Å². The van der Waals surface area contributed by atoms with Gasteiger partial charge in [-0.25, -0.2) is 4.79 Å². The zero-order chi connectivity index (χ0) is 18.4. The Bertz CT molecular complexity index is 900. The van der Waals surface area contributed by atoms with Gasteiger partial charge in [0.2, 0.25) is 0 Å². The topological polar surface area (TPSA) is 66.2 Å². The van der Waals surface area contributed by atoms with Gasteiger partial charge in [0.15, 0.2) is 5.69 Å². The third-order valence-corrected chi connectivity index (χ3v) is 3.86. The van der Waals surface area contributed by atoms with E-state index in [1.807, 2.05) is 48.6 Å². The van der Waals surface area contributed by atoms with Crippen LogP contribution in [0.25, 0.3) is 17.3 Å². The van der Waals surface area contributed by atoms with Crippen molar-refractivity contribution in [3.63, 3.8) is 0 Å². The minimum Gasteiger partial charge on any atom is -0.497 e. The molecule has 0 aliphatic rings. The Morgan fingerprint density at radius 1 is 1.12 bits per heavy atom. The molecule has 0 radical (unpaired) electrons. The van der Waals surface area contributed by atoms with Gasteiger partial charge in [-0.2, -0.15) is 5.10 Å². The molecule has 0 saturated carbocycles. The molecule has 0 spiro atoms. The van der Waals surface area contributed by atoms with Crippen molar-refractivity contribution in [2.75, 3.05) is 14.2 Å². The van der Waals surface area contributed by atoms with Gasteiger partial charge < -0.3 is 9.47 Å². The second kappa shape index (κ2) is 8.11. The van der Waals surface area contributed by atoms with E-state index in [0.29, 0.717) is 6.54 Å². The summed E-state index contributed by atoms with van der Waals surface area (Å²) in [7, 11) is 2.99. The van der Waals surface area contributed by atoms with Crippen LogP contribution in [0.4, 0.5) is 0 Å². The summed E-state index contributed by atoms with van der Waals surface area (Å²) in [4.78, 5) is 15.9. The van der Waals surface area contributed by atoms with E-state index in [1.165, 1.54) is 7.11 Å². The van der Waals surface area contributed by atoms with Gasteiger partial charge in [0.25, 0.3) is 0 Å². The summed E-state index contributed by atoms with van der Waals surface area (Å²) in [6.07, 6.45) is 7.39. The first-order chi connectivity index (χ1) is 12.7. The molecule has 132 valence electrons. The maximum absolute atomic E-state index is 11.8. The van der Waals surface area contributed by atoms with Crippen LogP contribution in [0.2, 0.25) is 0 Å². The van der Waals surface area contributed by atoms with Crippen molar-refractivity contribution in [1.82, 2.24) is 14.8 Å². The summed E-state index contributed by atoms with van der Waals surface area (Å²) in [5, 5.41) is 4.37. The lowest BCUT2D eigenvalue weighted by molar-refractivity contribution is 0.0593. The molecule has 2 heterocycles. The maximum atomic E-state index is 11.8. The maximum Gasteiger partial charge on any atom is 0.358 e. The average Bonchev–Trinajstić information content (AvgIpc) is 3.13. The Labute approximate surface area is 151 Å². The van der Waals surface area contributed by atoms with E-state index in [-0.39, 0.29) is 5.69 Å². The van der Waals surface area contributed by atoms with Gasteiger partial charge in [0.1, 0.15) is 5.75 Å². The number of nitrogens with zero attached hydrogens (tertiary/aromatic N) is 3. The highest BCUT2D eigenvalue weighted by molar-refractivity contribution is 5.88. The molecule has 0 aliphatic carbocycles. The van der Waals surface area contributed by atoms with Gasteiger partial charge in [-0.15, -0.1) is 0 Å². The molecule has 0 aliphatic heterocycles. The van der Waals surface area contributed by atoms with Gasteiger partial charge in [-0.3, -0.25) is 9.67 Å². The van der Waals surface area contributed by atoms with E-state index in [1.54, 1.807) is 30.3 Å². The lowest BCUT2D eigenvalue weighted by Gasteiger charge is -2.04. The average molecular weight is 349 g/mol. The van der Waals surface area contributed by atoms with Crippen molar-refractivity contribution >= 4 is 12.0 Å². The smallest absolute Gasteiger partial charge is 0.358 e. The van der Waals surface area contributed by atoms with Crippen molar-refractivity contribution in [2.24, 2.45) is 0 Å². The van der Waals surface area contributed by atoms with E-state index in [4.69, 9.17) is 9.47 Å². The lowest BCUT2D eigenvalue weighted by Crippen LogP contribution is -2.05. The second-order valence-corrected chi connectivity index (χ2v) is 5.50. The first kappa shape index (κ1) is 17.4. The number of aromatic nitrogens is 3. The Balaban J connectivity index is 1.84. The van der Waals surface area contributed by atoms with Crippen molar-refractivity contribution in [3.8, 4) is 17.0 Å². The molecule has 6 nitrogen and oxygen atoms in total. The summed E-state index contributed by atoms with van der Waals surface area (Å²) in [6.45, 7) is 0.515. The highest BCUT2D eigenvalue weighted by Gasteiger charge is 2.15. The fourth-order valence-electron chi connectivity index (χ4n) is 2.52. The molecular formula is C20H19N3O3. The number of benzene rings is 1. The van der Waals surface area contributed by atoms with Crippen LogP contribution in [0.5, 0.6) is 5.75 Å². The molecule has 0 amide bonds. The van der Waals surface area contributed by atoms with Gasteiger partial charge in [-0.1, -0.05) is 24.3 Å². The molecule has 0 N–H and O–H groups in total. The predicted molar refractivity (Wildman–Crippen MR) is 98.8 cm³/mol. The number of carbonyl (C=O) groups excluding carboxylic acids is 1. The normalized spacial score (nSPS) is 10.8. The van der Waals surface area contributed by atoms with Crippen molar-refractivity contribution in [2.45, 2.75) is 6.54 Å². The van der Waals surface area contributed by atoms with Crippen molar-refractivity contribution < 1.29 is 14.3 Å². The van der Waals surface area contributed by atoms with E-state index in [9.17, 15) is 4.79 Å². The van der Waals surface area contributed by atoms with Crippen LogP contribution in [0.1, 0.15) is 16.1 Å². The molecular weight excluding hydrogens is 330 g/mol. The van der Waals surface area contributed by atoms with Crippen LogP contribution in [0.3, 0.4) is 0 Å². The Morgan fingerprint density at radius 3 is 2.50 bits per heavy atom. The number of esters is 1. The zero-order valence-electron chi connectivity index (χ0n) is 14.6. The molecule has 0 bridgehead atoms. The number of methoxy groups -OCH3 is 2. The van der Waals surface area contributed by atoms with E-state index in [0.717, 1.165) is 22.6 Å². The minimum absolute atomic E-state index is 0.275. The van der Waals surface area contributed by atoms with Gasteiger partial charge in [0, 0.05) is 18.0 Å². The number of ether oxygens (including phenoxy) is 2. The molecule has 26 heavy (non-hydrogen) atoms. The fourth-order valence-corrected chi connectivity index (χ4v) is 2.52.